The first-order valence-corrected chi connectivity index (χ1v) is 8.90. The van der Waals surface area contributed by atoms with Crippen molar-refractivity contribution in [2.24, 2.45) is 0 Å². The number of carbonyl (C=O) groups is 2. The van der Waals surface area contributed by atoms with Gasteiger partial charge in [0, 0.05) is 10.6 Å². The Bertz CT molecular complexity index is 848. The number of anilines is 1. The fourth-order valence-corrected chi connectivity index (χ4v) is 2.61. The highest BCUT2D eigenvalue weighted by Crippen LogP contribution is 2.24. The van der Waals surface area contributed by atoms with Gasteiger partial charge >= 0.3 is 5.97 Å². The molecule has 0 spiro atoms. The van der Waals surface area contributed by atoms with E-state index < -0.39 is 18.0 Å². The maximum absolute atomic E-state index is 12.3. The summed E-state index contributed by atoms with van der Waals surface area (Å²) in [6.45, 7) is 1.47. The monoisotopic (exact) mass is 374 g/mol. The second-order valence-corrected chi connectivity index (χ2v) is 6.36. The van der Waals surface area contributed by atoms with E-state index in [1.54, 1.807) is 36.4 Å². The van der Waals surface area contributed by atoms with Crippen molar-refractivity contribution in [3.05, 3.63) is 58.6 Å². The number of carbonyl (C=O) groups excluding carboxylic acids is 2. The van der Waals surface area contributed by atoms with Crippen molar-refractivity contribution in [1.82, 2.24) is 0 Å². The van der Waals surface area contributed by atoms with Gasteiger partial charge in [-0.25, -0.2) is 4.79 Å². The van der Waals surface area contributed by atoms with Crippen LogP contribution in [-0.4, -0.2) is 24.2 Å². The van der Waals surface area contributed by atoms with Crippen molar-refractivity contribution in [3.63, 3.8) is 0 Å². The molecule has 5 nitrogen and oxygen atoms in total. The molecule has 1 atom stereocenters. The van der Waals surface area contributed by atoms with Gasteiger partial charge in [-0.1, -0.05) is 17.7 Å². The zero-order valence-corrected chi connectivity index (χ0v) is 15.1. The average Bonchev–Trinajstić information content (AvgIpc) is 2.62. The lowest BCUT2D eigenvalue weighted by atomic mass is 10.2. The first-order chi connectivity index (χ1) is 11.9. The smallest absolute Gasteiger partial charge is 0.340 e. The van der Waals surface area contributed by atoms with Gasteiger partial charge in [0.2, 0.25) is 0 Å². The molecule has 1 N–H and O–H groups in total. The summed E-state index contributed by atoms with van der Waals surface area (Å²) in [5.74, 6) is -1.17. The van der Waals surface area contributed by atoms with Gasteiger partial charge in [0.1, 0.15) is 0 Å². The predicted molar refractivity (Wildman–Crippen MR) is 97.9 cm³/mol. The molecule has 0 aliphatic rings. The highest BCUT2D eigenvalue weighted by Gasteiger charge is 2.21. The Balaban J connectivity index is 2.05. The first kappa shape index (κ1) is 18.8. The van der Waals surface area contributed by atoms with Crippen LogP contribution in [0.3, 0.4) is 0 Å². The van der Waals surface area contributed by atoms with E-state index in [4.69, 9.17) is 21.6 Å². The van der Waals surface area contributed by atoms with Crippen molar-refractivity contribution in [2.75, 3.05) is 11.6 Å². The molecule has 0 aliphatic heterocycles. The number of halogens is 1. The number of nitrogens with zero attached hydrogens (tertiary/aromatic N) is 1. The minimum Gasteiger partial charge on any atom is -0.449 e. The van der Waals surface area contributed by atoms with Crippen LogP contribution in [0.4, 0.5) is 5.69 Å². The Morgan fingerprint density at radius 2 is 2.04 bits per heavy atom. The number of thioether (sulfide) groups is 1. The van der Waals surface area contributed by atoms with E-state index in [0.29, 0.717) is 11.3 Å². The number of nitriles is 1. The molecular formula is C18H15ClN2O3S. The van der Waals surface area contributed by atoms with Gasteiger partial charge in [-0.15, -0.1) is 11.8 Å². The summed E-state index contributed by atoms with van der Waals surface area (Å²) in [6, 6.07) is 13.5. The quantitative estimate of drug-likeness (QED) is 0.629. The molecule has 2 aromatic rings. The van der Waals surface area contributed by atoms with E-state index in [0.717, 1.165) is 4.90 Å². The third-order valence-electron chi connectivity index (χ3n) is 3.31. The number of benzene rings is 2. The van der Waals surface area contributed by atoms with Gasteiger partial charge in [-0.3, -0.25) is 4.79 Å². The Kier molecular flexibility index (Phi) is 6.45. The van der Waals surface area contributed by atoms with Crippen LogP contribution < -0.4 is 5.32 Å². The Morgan fingerprint density at radius 3 is 2.72 bits per heavy atom. The molecule has 7 heteroatoms. The maximum Gasteiger partial charge on any atom is 0.340 e. The molecule has 25 heavy (non-hydrogen) atoms. The minimum atomic E-state index is -1.02. The summed E-state index contributed by atoms with van der Waals surface area (Å²) in [5, 5.41) is 11.7. The predicted octanol–water partition coefficient (Wildman–Crippen LogP) is 4.12. The van der Waals surface area contributed by atoms with Gasteiger partial charge < -0.3 is 10.1 Å². The lowest BCUT2D eigenvalue weighted by Crippen LogP contribution is -2.30. The van der Waals surface area contributed by atoms with Gasteiger partial charge in [-0.2, -0.15) is 5.26 Å². The van der Waals surface area contributed by atoms with Crippen LogP contribution in [-0.2, 0) is 9.53 Å². The summed E-state index contributed by atoms with van der Waals surface area (Å²) in [5.41, 5.74) is 1.08. The van der Waals surface area contributed by atoms with E-state index in [9.17, 15) is 9.59 Å². The Labute approximate surface area is 154 Å². The van der Waals surface area contributed by atoms with Crippen LogP contribution in [0.15, 0.2) is 47.4 Å². The van der Waals surface area contributed by atoms with E-state index in [1.807, 2.05) is 12.3 Å². The zero-order valence-electron chi connectivity index (χ0n) is 13.6. The molecule has 0 bridgehead atoms. The van der Waals surface area contributed by atoms with Gasteiger partial charge in [0.05, 0.1) is 22.2 Å². The van der Waals surface area contributed by atoms with E-state index in [2.05, 4.69) is 5.32 Å². The number of ether oxygens (including phenoxy) is 1. The number of rotatable bonds is 5. The van der Waals surface area contributed by atoms with E-state index >= 15 is 0 Å². The highest BCUT2D eigenvalue weighted by atomic mass is 35.5. The van der Waals surface area contributed by atoms with E-state index in [-0.39, 0.29) is 10.6 Å². The van der Waals surface area contributed by atoms with Gasteiger partial charge in [0.15, 0.2) is 6.10 Å². The molecule has 0 saturated carbocycles. The normalized spacial score (nSPS) is 11.3. The van der Waals surface area contributed by atoms with Crippen LogP contribution in [0, 0.1) is 11.3 Å². The summed E-state index contributed by atoms with van der Waals surface area (Å²) >= 11 is 7.50. The van der Waals surface area contributed by atoms with Crippen molar-refractivity contribution in [3.8, 4) is 6.07 Å². The van der Waals surface area contributed by atoms with Gasteiger partial charge in [0.25, 0.3) is 5.91 Å². The standard InChI is InChI=1S/C18H15ClN2O3S/c1-11(17(22)21-13-5-3-4-12(8-13)10-20)24-18(23)15-9-14(25-2)6-7-16(15)19/h3-9,11H,1-2H3,(H,21,22)/t11-/m0/s1. The summed E-state index contributed by atoms with van der Waals surface area (Å²) in [6.07, 6.45) is 0.858. The molecule has 0 saturated heterocycles. The van der Waals surface area contributed by atoms with Gasteiger partial charge in [-0.05, 0) is 49.6 Å². The van der Waals surface area contributed by atoms with Crippen LogP contribution in [0.25, 0.3) is 0 Å². The number of amides is 1. The average molecular weight is 375 g/mol. The Morgan fingerprint density at radius 1 is 1.28 bits per heavy atom. The molecule has 0 radical (unpaired) electrons. The summed E-state index contributed by atoms with van der Waals surface area (Å²) in [4.78, 5) is 25.3. The van der Waals surface area contributed by atoms with Crippen LogP contribution >= 0.6 is 23.4 Å². The lowest BCUT2D eigenvalue weighted by Gasteiger charge is -2.14. The van der Waals surface area contributed by atoms with Crippen molar-refractivity contribution >= 4 is 40.9 Å². The topological polar surface area (TPSA) is 79.2 Å². The molecule has 2 aromatic carbocycles. The SMILES string of the molecule is CSc1ccc(Cl)c(C(=O)O[C@@H](C)C(=O)Nc2cccc(C#N)c2)c1. The number of hydrogen-bond acceptors (Lipinski definition) is 5. The summed E-state index contributed by atoms with van der Waals surface area (Å²) < 4.78 is 5.20. The third kappa shape index (κ3) is 4.99. The Hall–Kier alpha value is -2.49. The number of esters is 1. The molecule has 0 fully saturated rings. The van der Waals surface area contributed by atoms with E-state index in [1.165, 1.54) is 24.8 Å². The first-order valence-electron chi connectivity index (χ1n) is 7.30. The number of hydrogen-bond donors (Lipinski definition) is 1. The van der Waals surface area contributed by atoms with Crippen molar-refractivity contribution < 1.29 is 14.3 Å². The molecule has 0 aliphatic carbocycles. The van der Waals surface area contributed by atoms with Crippen LogP contribution in [0.2, 0.25) is 5.02 Å². The molecule has 0 unspecified atom stereocenters. The molecule has 128 valence electrons. The van der Waals surface area contributed by atoms with Crippen LogP contribution in [0.5, 0.6) is 0 Å². The number of nitrogens with one attached hydrogen (secondary N) is 1. The third-order valence-corrected chi connectivity index (χ3v) is 4.36. The fraction of sp³-hybridized carbons (Fsp3) is 0.167. The molecular weight excluding hydrogens is 360 g/mol. The second kappa shape index (κ2) is 8.56. The molecule has 2 rings (SSSR count). The highest BCUT2D eigenvalue weighted by molar-refractivity contribution is 7.98. The second-order valence-electron chi connectivity index (χ2n) is 5.08. The zero-order chi connectivity index (χ0) is 18.4. The molecule has 0 heterocycles. The lowest BCUT2D eigenvalue weighted by molar-refractivity contribution is -0.123. The minimum absolute atomic E-state index is 0.208. The largest absolute Gasteiger partial charge is 0.449 e. The summed E-state index contributed by atoms with van der Waals surface area (Å²) in [7, 11) is 0. The van der Waals surface area contributed by atoms with Crippen LogP contribution in [0.1, 0.15) is 22.8 Å². The fourth-order valence-electron chi connectivity index (χ4n) is 1.98. The van der Waals surface area contributed by atoms with Crippen molar-refractivity contribution in [2.45, 2.75) is 17.9 Å². The van der Waals surface area contributed by atoms with Crippen molar-refractivity contribution in [1.29, 1.82) is 5.26 Å². The molecule has 0 aromatic heterocycles. The molecule has 1 amide bonds. The maximum atomic E-state index is 12.3.